The zero-order valence-electron chi connectivity index (χ0n) is 16.6. The van der Waals surface area contributed by atoms with Crippen molar-refractivity contribution in [1.29, 1.82) is 0 Å². The van der Waals surface area contributed by atoms with Gasteiger partial charge in [0, 0.05) is 43.9 Å². The molecule has 7 heteroatoms. The molecular weight excluding hydrogens is 372 g/mol. The maximum absolute atomic E-state index is 13.0. The molecule has 0 radical (unpaired) electrons. The Hall–Kier alpha value is -3.22. The van der Waals surface area contributed by atoms with Crippen LogP contribution < -0.4 is 19.1 Å². The van der Waals surface area contributed by atoms with Gasteiger partial charge in [0.15, 0.2) is 11.5 Å². The fourth-order valence-electron chi connectivity index (χ4n) is 3.80. The van der Waals surface area contributed by atoms with Gasteiger partial charge in [0.05, 0.1) is 13.0 Å². The van der Waals surface area contributed by atoms with Gasteiger partial charge in [-0.15, -0.1) is 0 Å². The Morgan fingerprint density at radius 1 is 1.17 bits per heavy atom. The van der Waals surface area contributed by atoms with Crippen molar-refractivity contribution in [2.75, 3.05) is 38.8 Å². The number of para-hydroxylation sites is 1. The summed E-state index contributed by atoms with van der Waals surface area (Å²) in [6.45, 7) is 1.79. The van der Waals surface area contributed by atoms with Gasteiger partial charge >= 0.3 is 0 Å². The molecule has 2 aromatic carbocycles. The molecule has 0 aliphatic carbocycles. The van der Waals surface area contributed by atoms with Gasteiger partial charge in [0.25, 0.3) is 0 Å². The van der Waals surface area contributed by atoms with Gasteiger partial charge in [-0.3, -0.25) is 9.59 Å². The van der Waals surface area contributed by atoms with Gasteiger partial charge in [-0.2, -0.15) is 0 Å². The summed E-state index contributed by atoms with van der Waals surface area (Å²) in [7, 11) is 3.37. The number of carbonyl (C=O) groups excluding carboxylic acids is 2. The molecule has 4 rings (SSSR count). The lowest BCUT2D eigenvalue weighted by Gasteiger charge is -2.23. The van der Waals surface area contributed by atoms with E-state index in [0.29, 0.717) is 37.8 Å². The van der Waals surface area contributed by atoms with Crippen LogP contribution in [0, 0.1) is 5.92 Å². The molecule has 2 aliphatic rings. The highest BCUT2D eigenvalue weighted by Crippen LogP contribution is 2.36. The van der Waals surface area contributed by atoms with Crippen LogP contribution in [0.1, 0.15) is 12.0 Å². The molecule has 7 nitrogen and oxygen atoms in total. The Kier molecular flexibility index (Phi) is 5.29. The summed E-state index contributed by atoms with van der Waals surface area (Å²) in [5.41, 5.74) is 1.65. The number of methoxy groups -OCH3 is 1. The van der Waals surface area contributed by atoms with E-state index >= 15 is 0 Å². The van der Waals surface area contributed by atoms with Gasteiger partial charge in [0.2, 0.25) is 11.8 Å². The SMILES string of the molecule is COc1ccccc1CN(C)C(=O)C1CC(=O)N(c2ccc3c(c2)OCCO3)C1. The molecule has 2 amide bonds. The Morgan fingerprint density at radius 3 is 2.72 bits per heavy atom. The Balaban J connectivity index is 1.45. The number of amides is 2. The largest absolute Gasteiger partial charge is 0.496 e. The number of hydrogen-bond acceptors (Lipinski definition) is 5. The molecule has 2 heterocycles. The zero-order chi connectivity index (χ0) is 20.4. The van der Waals surface area contributed by atoms with E-state index in [2.05, 4.69) is 0 Å². The third-order valence-electron chi connectivity index (χ3n) is 5.29. The summed E-state index contributed by atoms with van der Waals surface area (Å²) in [5.74, 6) is 1.55. The normalized spacial score (nSPS) is 17.9. The van der Waals surface area contributed by atoms with Gasteiger partial charge in [-0.25, -0.2) is 0 Å². The average molecular weight is 396 g/mol. The van der Waals surface area contributed by atoms with Crippen molar-refractivity contribution in [3.63, 3.8) is 0 Å². The van der Waals surface area contributed by atoms with Crippen LogP contribution in [0.4, 0.5) is 5.69 Å². The van der Waals surface area contributed by atoms with E-state index in [1.807, 2.05) is 30.3 Å². The lowest BCUT2D eigenvalue weighted by molar-refractivity contribution is -0.135. The second-order valence-electron chi connectivity index (χ2n) is 7.24. The molecule has 1 saturated heterocycles. The monoisotopic (exact) mass is 396 g/mol. The van der Waals surface area contributed by atoms with Gasteiger partial charge in [-0.05, 0) is 18.2 Å². The van der Waals surface area contributed by atoms with Crippen LogP contribution in [0.15, 0.2) is 42.5 Å². The Labute approximate surface area is 169 Å². The van der Waals surface area contributed by atoms with E-state index in [0.717, 1.165) is 17.0 Å². The minimum absolute atomic E-state index is 0.0516. The van der Waals surface area contributed by atoms with Gasteiger partial charge in [0.1, 0.15) is 19.0 Å². The minimum atomic E-state index is -0.379. The highest BCUT2D eigenvalue weighted by molar-refractivity contribution is 6.00. The van der Waals surface area contributed by atoms with Crippen LogP contribution in [-0.2, 0) is 16.1 Å². The molecule has 1 unspecified atom stereocenters. The number of benzene rings is 2. The summed E-state index contributed by atoms with van der Waals surface area (Å²) in [6, 6.07) is 13.1. The number of carbonyl (C=O) groups is 2. The summed E-state index contributed by atoms with van der Waals surface area (Å²) in [4.78, 5) is 28.9. The highest BCUT2D eigenvalue weighted by Gasteiger charge is 2.37. The Bertz CT molecular complexity index is 929. The molecule has 2 aliphatic heterocycles. The zero-order valence-corrected chi connectivity index (χ0v) is 16.6. The fourth-order valence-corrected chi connectivity index (χ4v) is 3.80. The van der Waals surface area contributed by atoms with E-state index < -0.39 is 0 Å². The second-order valence-corrected chi connectivity index (χ2v) is 7.24. The Morgan fingerprint density at radius 2 is 1.93 bits per heavy atom. The number of hydrogen-bond donors (Lipinski definition) is 0. The first-order chi connectivity index (χ1) is 14.1. The molecule has 2 aromatic rings. The molecule has 1 atom stereocenters. The van der Waals surface area contributed by atoms with Crippen LogP contribution in [-0.4, -0.2) is 50.6 Å². The maximum Gasteiger partial charge on any atom is 0.228 e. The number of nitrogens with zero attached hydrogens (tertiary/aromatic N) is 2. The predicted molar refractivity (Wildman–Crippen MR) is 107 cm³/mol. The van der Waals surface area contributed by atoms with Crippen LogP contribution in [0.2, 0.25) is 0 Å². The molecule has 29 heavy (non-hydrogen) atoms. The van der Waals surface area contributed by atoms with E-state index in [-0.39, 0.29) is 24.2 Å². The number of anilines is 1. The van der Waals surface area contributed by atoms with Gasteiger partial charge in [-0.1, -0.05) is 18.2 Å². The van der Waals surface area contributed by atoms with Crippen LogP contribution in [0.25, 0.3) is 0 Å². The van der Waals surface area contributed by atoms with E-state index in [1.165, 1.54) is 0 Å². The third kappa shape index (κ3) is 3.85. The highest BCUT2D eigenvalue weighted by atomic mass is 16.6. The lowest BCUT2D eigenvalue weighted by atomic mass is 10.1. The van der Waals surface area contributed by atoms with Crippen molar-refractivity contribution in [1.82, 2.24) is 4.90 Å². The molecule has 0 saturated carbocycles. The molecular formula is C22H24N2O5. The van der Waals surface area contributed by atoms with Crippen molar-refractivity contribution in [2.45, 2.75) is 13.0 Å². The van der Waals surface area contributed by atoms with Crippen LogP contribution in [0.5, 0.6) is 17.2 Å². The summed E-state index contributed by atoms with van der Waals surface area (Å²) in [5, 5.41) is 0. The molecule has 0 spiro atoms. The maximum atomic E-state index is 13.0. The molecule has 0 aromatic heterocycles. The average Bonchev–Trinajstić information content (AvgIpc) is 3.14. The molecule has 0 bridgehead atoms. The van der Waals surface area contributed by atoms with Crippen molar-refractivity contribution >= 4 is 17.5 Å². The van der Waals surface area contributed by atoms with Crippen molar-refractivity contribution in [3.05, 3.63) is 48.0 Å². The van der Waals surface area contributed by atoms with Gasteiger partial charge < -0.3 is 24.0 Å². The van der Waals surface area contributed by atoms with E-state index in [4.69, 9.17) is 14.2 Å². The van der Waals surface area contributed by atoms with Crippen molar-refractivity contribution < 1.29 is 23.8 Å². The first-order valence-electron chi connectivity index (χ1n) is 9.63. The smallest absolute Gasteiger partial charge is 0.228 e. The van der Waals surface area contributed by atoms with Crippen LogP contribution in [0.3, 0.4) is 0 Å². The van der Waals surface area contributed by atoms with E-state index in [1.54, 1.807) is 36.1 Å². The third-order valence-corrected chi connectivity index (χ3v) is 5.29. The lowest BCUT2D eigenvalue weighted by Crippen LogP contribution is -2.34. The standard InChI is InChI=1S/C22H24N2O5/c1-23(13-15-5-3-4-6-18(15)27-2)22(26)16-11-21(25)24(14-16)17-7-8-19-20(12-17)29-10-9-28-19/h3-8,12,16H,9-11,13-14H2,1-2H3. The summed E-state index contributed by atoms with van der Waals surface area (Å²) < 4.78 is 16.5. The van der Waals surface area contributed by atoms with Crippen molar-refractivity contribution in [3.8, 4) is 17.2 Å². The molecule has 152 valence electrons. The molecule has 1 fully saturated rings. The minimum Gasteiger partial charge on any atom is -0.496 e. The van der Waals surface area contributed by atoms with Crippen LogP contribution >= 0.6 is 0 Å². The number of ether oxygens (including phenoxy) is 3. The second kappa shape index (κ2) is 8.03. The first-order valence-corrected chi connectivity index (χ1v) is 9.63. The number of fused-ring (bicyclic) bond motifs is 1. The summed E-state index contributed by atoms with van der Waals surface area (Å²) in [6.07, 6.45) is 0.198. The van der Waals surface area contributed by atoms with E-state index in [9.17, 15) is 9.59 Å². The molecule has 0 N–H and O–H groups in total. The quantitative estimate of drug-likeness (QED) is 0.777. The first kappa shape index (κ1) is 19.1. The van der Waals surface area contributed by atoms with Crippen molar-refractivity contribution in [2.24, 2.45) is 5.92 Å². The number of rotatable bonds is 5. The topological polar surface area (TPSA) is 68.3 Å². The fraction of sp³-hybridized carbons (Fsp3) is 0.364. The predicted octanol–water partition coefficient (Wildman–Crippen LogP) is 2.48. The summed E-state index contributed by atoms with van der Waals surface area (Å²) >= 11 is 0.